The first-order valence-electron chi connectivity index (χ1n) is 4.86. The maximum atomic E-state index is 5.62. The van der Waals surface area contributed by atoms with Gasteiger partial charge in [0, 0.05) is 5.56 Å². The van der Waals surface area contributed by atoms with Gasteiger partial charge in [0.05, 0.1) is 18.1 Å². The normalized spacial score (nSPS) is 10.8. The van der Waals surface area contributed by atoms with Crippen LogP contribution in [0.5, 0.6) is 0 Å². The molecule has 2 aromatic heterocycles. The van der Waals surface area contributed by atoms with Crippen LogP contribution in [-0.4, -0.2) is 19.8 Å². The van der Waals surface area contributed by atoms with E-state index in [9.17, 15) is 0 Å². The Morgan fingerprint density at radius 3 is 2.75 bits per heavy atom. The fraction of sp³-hybridized carbons (Fsp3) is 0. The van der Waals surface area contributed by atoms with Gasteiger partial charge in [-0.3, -0.25) is 0 Å². The number of rotatable bonds is 1. The van der Waals surface area contributed by atoms with Gasteiger partial charge in [-0.1, -0.05) is 35.5 Å². The third kappa shape index (κ3) is 1.30. The number of nitrogen functional groups attached to an aromatic ring is 1. The fourth-order valence-electron chi connectivity index (χ4n) is 1.59. The van der Waals surface area contributed by atoms with Gasteiger partial charge in [-0.15, -0.1) is 5.10 Å². The minimum Gasteiger partial charge on any atom is -0.396 e. The molecule has 1 aromatic carbocycles. The van der Waals surface area contributed by atoms with Crippen LogP contribution < -0.4 is 5.73 Å². The second-order valence-corrected chi connectivity index (χ2v) is 3.46. The van der Waals surface area contributed by atoms with E-state index in [-0.39, 0.29) is 0 Å². The van der Waals surface area contributed by atoms with E-state index in [0.717, 1.165) is 11.3 Å². The van der Waals surface area contributed by atoms with Crippen LogP contribution in [0.1, 0.15) is 0 Å². The molecule has 5 heteroatoms. The van der Waals surface area contributed by atoms with E-state index in [1.807, 2.05) is 30.3 Å². The highest BCUT2D eigenvalue weighted by molar-refractivity contribution is 5.73. The Kier molecular flexibility index (Phi) is 1.83. The SMILES string of the molecule is Nc1cnc2c(-c3ccccc3)nnn2c1. The zero-order valence-corrected chi connectivity index (χ0v) is 8.41. The minimum absolute atomic E-state index is 0.567. The molecule has 0 aliphatic rings. The van der Waals surface area contributed by atoms with Gasteiger partial charge in [0.25, 0.3) is 0 Å². The molecule has 0 saturated carbocycles. The van der Waals surface area contributed by atoms with Crippen LogP contribution in [0, 0.1) is 0 Å². The Bertz CT molecular complexity index is 629. The first-order valence-corrected chi connectivity index (χ1v) is 4.86. The van der Waals surface area contributed by atoms with Crippen molar-refractivity contribution < 1.29 is 0 Å². The maximum Gasteiger partial charge on any atom is 0.183 e. The number of nitrogens with zero attached hydrogens (tertiary/aromatic N) is 4. The van der Waals surface area contributed by atoms with Crippen LogP contribution in [0.3, 0.4) is 0 Å². The number of fused-ring (bicyclic) bond motifs is 1. The van der Waals surface area contributed by atoms with Crippen LogP contribution in [-0.2, 0) is 0 Å². The predicted molar refractivity (Wildman–Crippen MR) is 60.6 cm³/mol. The molecule has 0 spiro atoms. The summed E-state index contributed by atoms with van der Waals surface area (Å²) in [5, 5.41) is 8.08. The van der Waals surface area contributed by atoms with Crippen molar-refractivity contribution in [2.24, 2.45) is 0 Å². The van der Waals surface area contributed by atoms with Crippen LogP contribution in [0.15, 0.2) is 42.7 Å². The Hall–Kier alpha value is -2.43. The van der Waals surface area contributed by atoms with Crippen molar-refractivity contribution in [3.8, 4) is 11.3 Å². The van der Waals surface area contributed by atoms with E-state index >= 15 is 0 Å². The van der Waals surface area contributed by atoms with E-state index in [0.29, 0.717) is 11.3 Å². The summed E-state index contributed by atoms with van der Waals surface area (Å²) < 4.78 is 1.58. The molecule has 16 heavy (non-hydrogen) atoms. The third-order valence-corrected chi connectivity index (χ3v) is 2.32. The molecule has 5 nitrogen and oxygen atoms in total. The van der Waals surface area contributed by atoms with Crippen molar-refractivity contribution in [2.75, 3.05) is 5.73 Å². The van der Waals surface area contributed by atoms with E-state index in [4.69, 9.17) is 5.73 Å². The van der Waals surface area contributed by atoms with Gasteiger partial charge in [0.2, 0.25) is 0 Å². The standard InChI is InChI=1S/C11H9N5/c12-9-6-13-11-10(14-15-16(11)7-9)8-4-2-1-3-5-8/h1-7H,12H2. The van der Waals surface area contributed by atoms with Gasteiger partial charge < -0.3 is 5.73 Å². The van der Waals surface area contributed by atoms with Gasteiger partial charge in [0.1, 0.15) is 5.69 Å². The molecular weight excluding hydrogens is 202 g/mol. The second-order valence-electron chi connectivity index (χ2n) is 3.46. The van der Waals surface area contributed by atoms with Crippen LogP contribution in [0.25, 0.3) is 16.9 Å². The molecule has 78 valence electrons. The Balaban J connectivity index is 2.26. The summed E-state index contributed by atoms with van der Waals surface area (Å²) in [6.45, 7) is 0. The third-order valence-electron chi connectivity index (χ3n) is 2.32. The molecule has 0 amide bonds. The summed E-state index contributed by atoms with van der Waals surface area (Å²) in [5.74, 6) is 0. The van der Waals surface area contributed by atoms with Crippen LogP contribution in [0.2, 0.25) is 0 Å². The van der Waals surface area contributed by atoms with E-state index in [1.54, 1.807) is 16.9 Å². The molecule has 0 saturated heterocycles. The molecule has 0 aliphatic heterocycles. The van der Waals surface area contributed by atoms with Crippen molar-refractivity contribution in [2.45, 2.75) is 0 Å². The van der Waals surface area contributed by atoms with Crippen LogP contribution in [0.4, 0.5) is 5.69 Å². The van der Waals surface area contributed by atoms with E-state index in [2.05, 4.69) is 15.3 Å². The summed E-state index contributed by atoms with van der Waals surface area (Å²) in [6.07, 6.45) is 3.30. The molecule has 0 unspecified atom stereocenters. The summed E-state index contributed by atoms with van der Waals surface area (Å²) in [4.78, 5) is 4.23. The largest absolute Gasteiger partial charge is 0.396 e. The molecule has 0 atom stereocenters. The lowest BCUT2D eigenvalue weighted by atomic mass is 10.2. The Morgan fingerprint density at radius 1 is 1.12 bits per heavy atom. The molecule has 0 radical (unpaired) electrons. The predicted octanol–water partition coefficient (Wildman–Crippen LogP) is 1.37. The number of anilines is 1. The van der Waals surface area contributed by atoms with Crippen LogP contribution >= 0.6 is 0 Å². The smallest absolute Gasteiger partial charge is 0.183 e. The molecule has 3 rings (SSSR count). The monoisotopic (exact) mass is 211 g/mol. The highest BCUT2D eigenvalue weighted by Gasteiger charge is 2.08. The number of hydrogen-bond acceptors (Lipinski definition) is 4. The quantitative estimate of drug-likeness (QED) is 0.660. The average Bonchev–Trinajstić information content (AvgIpc) is 2.73. The molecule has 0 aliphatic carbocycles. The lowest BCUT2D eigenvalue weighted by Gasteiger charge is -1.96. The van der Waals surface area contributed by atoms with E-state index in [1.165, 1.54) is 0 Å². The summed E-state index contributed by atoms with van der Waals surface area (Å²) in [6, 6.07) is 9.82. The van der Waals surface area contributed by atoms with Crippen molar-refractivity contribution in [3.63, 3.8) is 0 Å². The Morgan fingerprint density at radius 2 is 1.94 bits per heavy atom. The zero-order chi connectivity index (χ0) is 11.0. The fourth-order valence-corrected chi connectivity index (χ4v) is 1.59. The summed E-state index contributed by atoms with van der Waals surface area (Å²) in [5.41, 5.74) is 8.66. The molecule has 0 fully saturated rings. The molecule has 2 heterocycles. The van der Waals surface area contributed by atoms with E-state index < -0.39 is 0 Å². The lowest BCUT2D eigenvalue weighted by Crippen LogP contribution is -1.94. The molecule has 0 bridgehead atoms. The second kappa shape index (κ2) is 3.30. The van der Waals surface area contributed by atoms with Gasteiger partial charge in [0.15, 0.2) is 5.65 Å². The van der Waals surface area contributed by atoms with Crippen molar-refractivity contribution in [3.05, 3.63) is 42.7 Å². The number of benzene rings is 1. The minimum atomic E-state index is 0.567. The van der Waals surface area contributed by atoms with Gasteiger partial charge in [-0.05, 0) is 0 Å². The molecule has 2 N–H and O–H groups in total. The average molecular weight is 211 g/mol. The lowest BCUT2D eigenvalue weighted by molar-refractivity contribution is 0.849. The highest BCUT2D eigenvalue weighted by Crippen LogP contribution is 2.20. The van der Waals surface area contributed by atoms with Crippen molar-refractivity contribution >= 4 is 11.3 Å². The first kappa shape index (κ1) is 8.84. The maximum absolute atomic E-state index is 5.62. The van der Waals surface area contributed by atoms with Gasteiger partial charge in [-0.2, -0.15) is 4.52 Å². The summed E-state index contributed by atoms with van der Waals surface area (Å²) in [7, 11) is 0. The Labute approximate surface area is 91.5 Å². The number of nitrogens with two attached hydrogens (primary N) is 1. The first-order chi connectivity index (χ1) is 7.84. The zero-order valence-electron chi connectivity index (χ0n) is 8.41. The number of aromatic nitrogens is 4. The number of hydrogen-bond donors (Lipinski definition) is 1. The molecular formula is C11H9N5. The highest BCUT2D eigenvalue weighted by atomic mass is 15.4. The summed E-state index contributed by atoms with van der Waals surface area (Å²) >= 11 is 0. The topological polar surface area (TPSA) is 69.1 Å². The molecule has 3 aromatic rings. The van der Waals surface area contributed by atoms with Crippen molar-refractivity contribution in [1.82, 2.24) is 19.8 Å². The van der Waals surface area contributed by atoms with Crippen molar-refractivity contribution in [1.29, 1.82) is 0 Å². The van der Waals surface area contributed by atoms with Gasteiger partial charge >= 0.3 is 0 Å². The van der Waals surface area contributed by atoms with Gasteiger partial charge in [-0.25, -0.2) is 4.98 Å².